The van der Waals surface area contributed by atoms with E-state index in [-0.39, 0.29) is 11.7 Å². The van der Waals surface area contributed by atoms with Crippen LogP contribution in [0.4, 0.5) is 0 Å². The molecule has 0 atom stereocenters. The van der Waals surface area contributed by atoms with Crippen LogP contribution in [0.2, 0.25) is 5.02 Å². The fourth-order valence-corrected chi connectivity index (χ4v) is 2.43. The van der Waals surface area contributed by atoms with E-state index in [1.54, 1.807) is 24.4 Å². The van der Waals surface area contributed by atoms with Gasteiger partial charge in [-0.15, -0.1) is 0 Å². The number of rotatable bonds is 5. The molecule has 0 saturated heterocycles. The maximum atomic E-state index is 12.2. The van der Waals surface area contributed by atoms with E-state index in [0.717, 1.165) is 17.7 Å². The van der Waals surface area contributed by atoms with Crippen LogP contribution in [-0.2, 0) is 13.1 Å². The Morgan fingerprint density at radius 1 is 1.30 bits per heavy atom. The number of carbonyl (C=O) groups excluding carboxylic acids is 1. The molecule has 3 rings (SSSR count). The first-order valence-corrected chi connectivity index (χ1v) is 7.69. The van der Waals surface area contributed by atoms with E-state index in [9.17, 15) is 4.79 Å². The highest BCUT2D eigenvalue weighted by molar-refractivity contribution is 6.33. The van der Waals surface area contributed by atoms with Crippen molar-refractivity contribution in [3.05, 3.63) is 65.1 Å². The molecule has 23 heavy (non-hydrogen) atoms. The van der Waals surface area contributed by atoms with Crippen molar-refractivity contribution in [2.75, 3.05) is 0 Å². The SMILES string of the molecule is CCn1cc(CNC(=O)c2ccc(-c3ccccc3Cl)o2)cn1. The molecule has 0 fully saturated rings. The van der Waals surface area contributed by atoms with Gasteiger partial charge in [0.1, 0.15) is 5.76 Å². The van der Waals surface area contributed by atoms with Gasteiger partial charge in [-0.2, -0.15) is 5.10 Å². The summed E-state index contributed by atoms with van der Waals surface area (Å²) in [5.41, 5.74) is 1.70. The fraction of sp³-hybridized carbons (Fsp3) is 0.176. The molecule has 2 aromatic heterocycles. The number of aryl methyl sites for hydroxylation is 1. The van der Waals surface area contributed by atoms with Gasteiger partial charge in [0.25, 0.3) is 5.91 Å². The molecular formula is C17H16ClN3O2. The van der Waals surface area contributed by atoms with E-state index in [1.165, 1.54) is 0 Å². The van der Waals surface area contributed by atoms with Crippen LogP contribution >= 0.6 is 11.6 Å². The molecule has 1 amide bonds. The average molecular weight is 330 g/mol. The third-order valence-electron chi connectivity index (χ3n) is 3.43. The Balaban J connectivity index is 1.68. The lowest BCUT2D eigenvalue weighted by Crippen LogP contribution is -2.21. The second-order valence-corrected chi connectivity index (χ2v) is 5.44. The summed E-state index contributed by atoms with van der Waals surface area (Å²) in [7, 11) is 0. The summed E-state index contributed by atoms with van der Waals surface area (Å²) in [4.78, 5) is 12.2. The molecular weight excluding hydrogens is 314 g/mol. The van der Waals surface area contributed by atoms with E-state index >= 15 is 0 Å². The molecule has 0 radical (unpaired) electrons. The minimum absolute atomic E-state index is 0.253. The van der Waals surface area contributed by atoms with Crippen LogP contribution in [-0.4, -0.2) is 15.7 Å². The van der Waals surface area contributed by atoms with Gasteiger partial charge >= 0.3 is 0 Å². The molecule has 0 spiro atoms. The van der Waals surface area contributed by atoms with Gasteiger partial charge in [0, 0.05) is 30.4 Å². The number of amides is 1. The molecule has 1 N–H and O–H groups in total. The molecule has 0 saturated carbocycles. The minimum Gasteiger partial charge on any atom is -0.451 e. The van der Waals surface area contributed by atoms with Crippen molar-refractivity contribution in [1.82, 2.24) is 15.1 Å². The van der Waals surface area contributed by atoms with Gasteiger partial charge in [-0.3, -0.25) is 9.48 Å². The Hall–Kier alpha value is -2.53. The molecule has 0 aliphatic carbocycles. The number of carbonyl (C=O) groups is 1. The van der Waals surface area contributed by atoms with Gasteiger partial charge in [0.2, 0.25) is 0 Å². The van der Waals surface area contributed by atoms with E-state index < -0.39 is 0 Å². The van der Waals surface area contributed by atoms with Gasteiger partial charge in [0.05, 0.1) is 11.2 Å². The normalized spacial score (nSPS) is 10.7. The first-order chi connectivity index (χ1) is 11.2. The summed E-state index contributed by atoms with van der Waals surface area (Å²) in [6.45, 7) is 3.21. The Labute approximate surface area is 138 Å². The molecule has 1 aromatic carbocycles. The van der Waals surface area contributed by atoms with Crippen LogP contribution in [0.5, 0.6) is 0 Å². The smallest absolute Gasteiger partial charge is 0.287 e. The molecule has 3 aromatic rings. The molecule has 0 unspecified atom stereocenters. The molecule has 0 bridgehead atoms. The number of hydrogen-bond donors (Lipinski definition) is 1. The maximum absolute atomic E-state index is 12.2. The zero-order chi connectivity index (χ0) is 16.2. The highest BCUT2D eigenvalue weighted by Gasteiger charge is 2.13. The van der Waals surface area contributed by atoms with Crippen LogP contribution in [0, 0.1) is 0 Å². The lowest BCUT2D eigenvalue weighted by Gasteiger charge is -2.02. The molecule has 0 aliphatic heterocycles. The minimum atomic E-state index is -0.271. The van der Waals surface area contributed by atoms with E-state index in [4.69, 9.17) is 16.0 Å². The predicted molar refractivity (Wildman–Crippen MR) is 88.2 cm³/mol. The first kappa shape index (κ1) is 15.4. The number of hydrogen-bond acceptors (Lipinski definition) is 3. The first-order valence-electron chi connectivity index (χ1n) is 7.31. The monoisotopic (exact) mass is 329 g/mol. The summed E-state index contributed by atoms with van der Waals surface area (Å²) in [5, 5.41) is 7.56. The van der Waals surface area contributed by atoms with Gasteiger partial charge in [-0.05, 0) is 31.2 Å². The zero-order valence-corrected chi connectivity index (χ0v) is 13.4. The summed E-state index contributed by atoms with van der Waals surface area (Å²) < 4.78 is 7.42. The second kappa shape index (κ2) is 6.71. The largest absolute Gasteiger partial charge is 0.451 e. The number of benzene rings is 1. The average Bonchev–Trinajstić information content (AvgIpc) is 3.22. The van der Waals surface area contributed by atoms with Crippen LogP contribution in [0.3, 0.4) is 0 Å². The van der Waals surface area contributed by atoms with E-state index in [1.807, 2.05) is 36.0 Å². The zero-order valence-electron chi connectivity index (χ0n) is 12.6. The standard InChI is InChI=1S/C17H16ClN3O2/c1-2-21-11-12(10-20-21)9-19-17(22)16-8-7-15(23-16)13-5-3-4-6-14(13)18/h3-8,10-11H,2,9H2,1H3,(H,19,22). The van der Waals surface area contributed by atoms with Crippen LogP contribution in [0.15, 0.2) is 53.2 Å². The second-order valence-electron chi connectivity index (χ2n) is 5.03. The number of nitrogens with one attached hydrogen (secondary N) is 1. The van der Waals surface area contributed by atoms with E-state index in [2.05, 4.69) is 10.4 Å². The summed E-state index contributed by atoms with van der Waals surface area (Å²) in [5.74, 6) is 0.551. The third kappa shape index (κ3) is 3.46. The lowest BCUT2D eigenvalue weighted by molar-refractivity contribution is 0.0924. The van der Waals surface area contributed by atoms with Crippen molar-refractivity contribution in [2.24, 2.45) is 0 Å². The maximum Gasteiger partial charge on any atom is 0.287 e. The van der Waals surface area contributed by atoms with Gasteiger partial charge in [-0.25, -0.2) is 0 Å². The highest BCUT2D eigenvalue weighted by atomic mass is 35.5. The molecule has 0 aliphatic rings. The molecule has 118 valence electrons. The number of aromatic nitrogens is 2. The quantitative estimate of drug-likeness (QED) is 0.775. The highest BCUT2D eigenvalue weighted by Crippen LogP contribution is 2.28. The van der Waals surface area contributed by atoms with Crippen LogP contribution in [0.1, 0.15) is 23.0 Å². The molecule has 6 heteroatoms. The Bertz CT molecular complexity index is 823. The Kier molecular flexibility index (Phi) is 4.48. The van der Waals surface area contributed by atoms with Crippen molar-refractivity contribution in [3.8, 4) is 11.3 Å². The fourth-order valence-electron chi connectivity index (χ4n) is 2.21. The van der Waals surface area contributed by atoms with Gasteiger partial charge in [-0.1, -0.05) is 23.7 Å². The number of nitrogens with zero attached hydrogens (tertiary/aromatic N) is 2. The van der Waals surface area contributed by atoms with E-state index in [0.29, 0.717) is 17.3 Å². The molecule has 2 heterocycles. The summed E-state index contributed by atoms with van der Waals surface area (Å²) in [6, 6.07) is 10.7. The van der Waals surface area contributed by atoms with Gasteiger partial charge in [0.15, 0.2) is 5.76 Å². The third-order valence-corrected chi connectivity index (χ3v) is 3.76. The topological polar surface area (TPSA) is 60.1 Å². The van der Waals surface area contributed by atoms with Crippen molar-refractivity contribution in [1.29, 1.82) is 0 Å². The Morgan fingerprint density at radius 3 is 2.87 bits per heavy atom. The number of halogens is 1. The summed E-state index contributed by atoms with van der Waals surface area (Å²) >= 11 is 6.14. The van der Waals surface area contributed by atoms with Crippen LogP contribution < -0.4 is 5.32 Å². The Morgan fingerprint density at radius 2 is 2.13 bits per heavy atom. The van der Waals surface area contributed by atoms with Crippen molar-refractivity contribution in [2.45, 2.75) is 20.0 Å². The van der Waals surface area contributed by atoms with Crippen LogP contribution in [0.25, 0.3) is 11.3 Å². The van der Waals surface area contributed by atoms with Crippen molar-refractivity contribution < 1.29 is 9.21 Å². The van der Waals surface area contributed by atoms with Crippen molar-refractivity contribution in [3.63, 3.8) is 0 Å². The lowest BCUT2D eigenvalue weighted by atomic mass is 10.2. The van der Waals surface area contributed by atoms with Crippen molar-refractivity contribution >= 4 is 17.5 Å². The summed E-state index contributed by atoms with van der Waals surface area (Å²) in [6.07, 6.45) is 3.64. The molecule has 5 nitrogen and oxygen atoms in total. The predicted octanol–water partition coefficient (Wildman–Crippen LogP) is 3.75. The number of furan rings is 1. The van der Waals surface area contributed by atoms with Gasteiger partial charge < -0.3 is 9.73 Å².